The number of aliphatic hydroxyl groups excluding tert-OH is 2. The zero-order valence-corrected chi connectivity index (χ0v) is 9.22. The maximum atomic E-state index is 9.17. The van der Waals surface area contributed by atoms with Crippen LogP contribution in [0.1, 0.15) is 25.5 Å². The number of nitrogens with zero attached hydrogens (tertiary/aromatic N) is 2. The first-order valence-electron chi connectivity index (χ1n) is 5.22. The quantitative estimate of drug-likeness (QED) is 0.617. The van der Waals surface area contributed by atoms with Crippen LogP contribution in [-0.2, 0) is 6.54 Å². The third-order valence-electron chi connectivity index (χ3n) is 2.35. The van der Waals surface area contributed by atoms with Gasteiger partial charge in [0.25, 0.3) is 0 Å². The van der Waals surface area contributed by atoms with Gasteiger partial charge in [-0.05, 0) is 13.8 Å². The van der Waals surface area contributed by atoms with Gasteiger partial charge in [0.05, 0.1) is 18.9 Å². The Balaban J connectivity index is 2.42. The minimum Gasteiger partial charge on any atom is -0.394 e. The van der Waals surface area contributed by atoms with Crippen molar-refractivity contribution in [3.05, 3.63) is 18.0 Å². The predicted molar refractivity (Wildman–Crippen MR) is 57.4 cm³/mol. The molecule has 0 fully saturated rings. The van der Waals surface area contributed by atoms with Crippen LogP contribution in [0.15, 0.2) is 12.4 Å². The van der Waals surface area contributed by atoms with Crippen LogP contribution in [0.5, 0.6) is 0 Å². The third kappa shape index (κ3) is 3.62. The molecule has 1 aromatic heterocycles. The van der Waals surface area contributed by atoms with Crippen LogP contribution >= 0.6 is 0 Å². The second kappa shape index (κ2) is 5.85. The zero-order valence-electron chi connectivity index (χ0n) is 9.22. The zero-order chi connectivity index (χ0) is 11.3. The average Bonchev–Trinajstić information content (AvgIpc) is 2.73. The van der Waals surface area contributed by atoms with Crippen molar-refractivity contribution >= 4 is 0 Å². The van der Waals surface area contributed by atoms with Gasteiger partial charge in [-0.15, -0.1) is 0 Å². The van der Waals surface area contributed by atoms with E-state index in [4.69, 9.17) is 5.11 Å². The largest absolute Gasteiger partial charge is 0.394 e. The van der Waals surface area contributed by atoms with Crippen molar-refractivity contribution in [2.75, 3.05) is 13.2 Å². The molecule has 0 saturated heterocycles. The number of aliphatic hydroxyl groups is 2. The number of hydrogen-bond donors (Lipinski definition) is 3. The molecule has 0 aliphatic heterocycles. The number of hydrogen-bond acceptors (Lipinski definition) is 4. The van der Waals surface area contributed by atoms with Gasteiger partial charge in [0.2, 0.25) is 0 Å². The number of rotatable bonds is 6. The topological polar surface area (TPSA) is 70.3 Å². The van der Waals surface area contributed by atoms with Gasteiger partial charge in [-0.2, -0.15) is 5.10 Å². The van der Waals surface area contributed by atoms with Gasteiger partial charge < -0.3 is 15.5 Å². The van der Waals surface area contributed by atoms with Crippen molar-refractivity contribution in [1.82, 2.24) is 15.1 Å². The first kappa shape index (κ1) is 12.2. The van der Waals surface area contributed by atoms with Crippen LogP contribution < -0.4 is 5.32 Å². The van der Waals surface area contributed by atoms with E-state index < -0.39 is 6.10 Å². The molecule has 86 valence electrons. The minimum atomic E-state index is -0.700. The van der Waals surface area contributed by atoms with Gasteiger partial charge in [0.15, 0.2) is 0 Å². The normalized spacial score (nSPS) is 15.2. The number of nitrogens with one attached hydrogen (secondary N) is 1. The molecule has 3 N–H and O–H groups in total. The highest BCUT2D eigenvalue weighted by Gasteiger charge is 2.09. The molecule has 1 rings (SSSR count). The Hall–Kier alpha value is -0.910. The maximum absolute atomic E-state index is 9.17. The standard InChI is InChI=1S/C10H19N3O2/c1-3-13-6-9(4-12-13)8(2)11-5-10(15)7-14/h4,6,8,10-11,14-15H,3,5,7H2,1-2H3. The SMILES string of the molecule is CCn1cc(C(C)NCC(O)CO)cn1. The number of aromatic nitrogens is 2. The lowest BCUT2D eigenvalue weighted by Crippen LogP contribution is -2.31. The molecule has 1 aromatic rings. The first-order valence-corrected chi connectivity index (χ1v) is 5.22. The third-order valence-corrected chi connectivity index (χ3v) is 2.35. The summed E-state index contributed by atoms with van der Waals surface area (Å²) in [6.45, 7) is 5.06. The molecule has 15 heavy (non-hydrogen) atoms. The van der Waals surface area contributed by atoms with Crippen molar-refractivity contribution < 1.29 is 10.2 Å². The second-order valence-corrected chi connectivity index (χ2v) is 3.60. The first-order chi connectivity index (χ1) is 7.17. The molecule has 0 amide bonds. The highest BCUT2D eigenvalue weighted by Crippen LogP contribution is 2.10. The van der Waals surface area contributed by atoms with Crippen molar-refractivity contribution in [2.45, 2.75) is 32.5 Å². The van der Waals surface area contributed by atoms with E-state index in [1.54, 1.807) is 0 Å². The molecule has 0 spiro atoms. The van der Waals surface area contributed by atoms with E-state index in [9.17, 15) is 5.11 Å². The summed E-state index contributed by atoms with van der Waals surface area (Å²) in [5.74, 6) is 0. The van der Waals surface area contributed by atoms with Gasteiger partial charge in [0.1, 0.15) is 0 Å². The minimum absolute atomic E-state index is 0.131. The fraction of sp³-hybridized carbons (Fsp3) is 0.700. The van der Waals surface area contributed by atoms with Gasteiger partial charge in [0, 0.05) is 30.9 Å². The van der Waals surface area contributed by atoms with Crippen LogP contribution in [-0.4, -0.2) is 39.2 Å². The summed E-state index contributed by atoms with van der Waals surface area (Å²) in [6.07, 6.45) is 3.09. The van der Waals surface area contributed by atoms with Gasteiger partial charge in [-0.3, -0.25) is 4.68 Å². The summed E-state index contributed by atoms with van der Waals surface area (Å²) in [5, 5.41) is 25.1. The highest BCUT2D eigenvalue weighted by molar-refractivity contribution is 5.09. The summed E-state index contributed by atoms with van der Waals surface area (Å²) in [5.41, 5.74) is 1.09. The second-order valence-electron chi connectivity index (χ2n) is 3.60. The summed E-state index contributed by atoms with van der Waals surface area (Å²) in [4.78, 5) is 0. The van der Waals surface area contributed by atoms with Crippen LogP contribution in [0.2, 0.25) is 0 Å². The van der Waals surface area contributed by atoms with Gasteiger partial charge in [-0.25, -0.2) is 0 Å². The Labute approximate surface area is 89.7 Å². The molecule has 2 atom stereocenters. The molecule has 5 nitrogen and oxygen atoms in total. The maximum Gasteiger partial charge on any atom is 0.0895 e. The van der Waals surface area contributed by atoms with E-state index in [-0.39, 0.29) is 12.6 Å². The van der Waals surface area contributed by atoms with Crippen LogP contribution in [0.25, 0.3) is 0 Å². The molecule has 0 aliphatic carbocycles. The molecule has 0 bridgehead atoms. The molecule has 0 radical (unpaired) electrons. The fourth-order valence-corrected chi connectivity index (χ4v) is 1.27. The van der Waals surface area contributed by atoms with E-state index in [1.165, 1.54) is 0 Å². The Kier molecular flexibility index (Phi) is 4.74. The lowest BCUT2D eigenvalue weighted by Gasteiger charge is -2.14. The van der Waals surface area contributed by atoms with Crippen molar-refractivity contribution in [3.8, 4) is 0 Å². The van der Waals surface area contributed by atoms with Gasteiger partial charge in [-0.1, -0.05) is 0 Å². The fourth-order valence-electron chi connectivity index (χ4n) is 1.27. The highest BCUT2D eigenvalue weighted by atomic mass is 16.3. The Morgan fingerprint density at radius 2 is 2.33 bits per heavy atom. The van der Waals surface area contributed by atoms with E-state index in [1.807, 2.05) is 30.9 Å². The lowest BCUT2D eigenvalue weighted by molar-refractivity contribution is 0.0924. The molecule has 1 heterocycles. The van der Waals surface area contributed by atoms with E-state index in [0.717, 1.165) is 12.1 Å². The van der Waals surface area contributed by atoms with Crippen LogP contribution in [0.4, 0.5) is 0 Å². The van der Waals surface area contributed by atoms with Crippen LogP contribution in [0, 0.1) is 0 Å². The molecular weight excluding hydrogens is 194 g/mol. The predicted octanol–water partition coefficient (Wildman–Crippen LogP) is -0.0932. The monoisotopic (exact) mass is 213 g/mol. The van der Waals surface area contributed by atoms with Crippen molar-refractivity contribution in [2.24, 2.45) is 0 Å². The average molecular weight is 213 g/mol. The molecule has 0 aliphatic rings. The van der Waals surface area contributed by atoms with Crippen molar-refractivity contribution in [3.63, 3.8) is 0 Å². The summed E-state index contributed by atoms with van der Waals surface area (Å²) >= 11 is 0. The number of aryl methyl sites for hydroxylation is 1. The molecule has 2 unspecified atom stereocenters. The summed E-state index contributed by atoms with van der Waals surface area (Å²) < 4.78 is 1.86. The van der Waals surface area contributed by atoms with E-state index >= 15 is 0 Å². The molecule has 0 saturated carbocycles. The van der Waals surface area contributed by atoms with E-state index in [2.05, 4.69) is 10.4 Å². The molecule has 5 heteroatoms. The van der Waals surface area contributed by atoms with Crippen molar-refractivity contribution in [1.29, 1.82) is 0 Å². The Morgan fingerprint density at radius 3 is 2.87 bits per heavy atom. The van der Waals surface area contributed by atoms with Gasteiger partial charge >= 0.3 is 0 Å². The summed E-state index contributed by atoms with van der Waals surface area (Å²) in [6, 6.07) is 0.131. The van der Waals surface area contributed by atoms with E-state index in [0.29, 0.717) is 6.54 Å². The summed E-state index contributed by atoms with van der Waals surface area (Å²) in [7, 11) is 0. The molecule has 0 aromatic carbocycles. The Morgan fingerprint density at radius 1 is 1.60 bits per heavy atom. The lowest BCUT2D eigenvalue weighted by atomic mass is 10.2. The van der Waals surface area contributed by atoms with Crippen LogP contribution in [0.3, 0.4) is 0 Å². The molecular formula is C10H19N3O2. The Bertz CT molecular complexity index is 288. The smallest absolute Gasteiger partial charge is 0.0895 e.